The van der Waals surface area contributed by atoms with Gasteiger partial charge in [-0.25, -0.2) is 4.99 Å². The minimum atomic E-state index is 0.262. The Labute approximate surface area is 180 Å². The average molecular weight is 417 g/mol. The number of methoxy groups -OCH3 is 1. The van der Waals surface area contributed by atoms with E-state index < -0.39 is 0 Å². The molecular formula is C23H36N4O3. The molecule has 3 rings (SSSR count). The minimum absolute atomic E-state index is 0.262. The van der Waals surface area contributed by atoms with Crippen LogP contribution < -0.4 is 5.32 Å². The highest BCUT2D eigenvalue weighted by molar-refractivity contribution is 5.80. The Morgan fingerprint density at radius 2 is 2.07 bits per heavy atom. The van der Waals surface area contributed by atoms with Gasteiger partial charge >= 0.3 is 0 Å². The van der Waals surface area contributed by atoms with Crippen LogP contribution >= 0.6 is 0 Å². The molecule has 2 fully saturated rings. The molecule has 2 aliphatic rings. The number of likely N-dealkylation sites (tertiary alicyclic amines) is 2. The lowest BCUT2D eigenvalue weighted by molar-refractivity contribution is -0.128. The van der Waals surface area contributed by atoms with Gasteiger partial charge in [0.2, 0.25) is 5.91 Å². The third kappa shape index (κ3) is 6.44. The fourth-order valence-electron chi connectivity index (χ4n) is 4.08. The summed E-state index contributed by atoms with van der Waals surface area (Å²) in [4.78, 5) is 21.2. The van der Waals surface area contributed by atoms with Crippen molar-refractivity contribution >= 4 is 11.9 Å². The molecule has 2 heterocycles. The van der Waals surface area contributed by atoms with E-state index in [0.29, 0.717) is 38.6 Å². The molecule has 0 aromatic heterocycles. The number of nitrogens with zero attached hydrogens (tertiary/aromatic N) is 3. The summed E-state index contributed by atoms with van der Waals surface area (Å²) in [5.74, 6) is 1.75. The van der Waals surface area contributed by atoms with Gasteiger partial charge in [-0.05, 0) is 30.9 Å². The van der Waals surface area contributed by atoms with Crippen molar-refractivity contribution in [3.05, 3.63) is 35.4 Å². The van der Waals surface area contributed by atoms with Gasteiger partial charge in [0, 0.05) is 52.2 Å². The summed E-state index contributed by atoms with van der Waals surface area (Å²) < 4.78 is 10.8. The zero-order valence-corrected chi connectivity index (χ0v) is 18.4. The third-order valence-corrected chi connectivity index (χ3v) is 5.76. The van der Waals surface area contributed by atoms with Crippen molar-refractivity contribution < 1.29 is 14.3 Å². The van der Waals surface area contributed by atoms with Crippen molar-refractivity contribution in [3.8, 4) is 0 Å². The van der Waals surface area contributed by atoms with Gasteiger partial charge in [-0.2, -0.15) is 0 Å². The molecule has 7 nitrogen and oxygen atoms in total. The molecule has 1 atom stereocenters. The van der Waals surface area contributed by atoms with Crippen molar-refractivity contribution in [1.82, 2.24) is 15.1 Å². The molecule has 1 aromatic rings. The van der Waals surface area contributed by atoms with Gasteiger partial charge in [0.25, 0.3) is 0 Å². The molecule has 166 valence electrons. The molecule has 1 aromatic carbocycles. The number of carbonyl (C=O) groups excluding carboxylic acids is 1. The molecule has 0 bridgehead atoms. The van der Waals surface area contributed by atoms with Gasteiger partial charge in [0.15, 0.2) is 5.96 Å². The van der Waals surface area contributed by atoms with Gasteiger partial charge in [-0.1, -0.05) is 24.3 Å². The van der Waals surface area contributed by atoms with Crippen LogP contribution in [0, 0.1) is 5.92 Å². The number of guanidine groups is 1. The summed E-state index contributed by atoms with van der Waals surface area (Å²) in [7, 11) is 1.70. The molecule has 1 N–H and O–H groups in total. The van der Waals surface area contributed by atoms with Crippen LogP contribution in [-0.4, -0.2) is 74.8 Å². The standard InChI is InChI=1S/C23H36N4O3/c1-3-24-23(27-12-10-19(16-27)18-30-14-13-29-2)25-15-20-7-4-5-8-21(20)17-26-11-6-9-22(26)28/h4-5,7-8,19H,3,6,9-18H2,1-2H3,(H,24,25). The van der Waals surface area contributed by atoms with Crippen LogP contribution in [0.25, 0.3) is 0 Å². The Morgan fingerprint density at radius 3 is 2.80 bits per heavy atom. The van der Waals surface area contributed by atoms with Crippen molar-refractivity contribution in [2.75, 3.05) is 53.1 Å². The quantitative estimate of drug-likeness (QED) is 0.360. The van der Waals surface area contributed by atoms with Crippen molar-refractivity contribution in [2.24, 2.45) is 10.9 Å². The summed E-state index contributed by atoms with van der Waals surface area (Å²) in [6, 6.07) is 8.34. The molecule has 1 amide bonds. The van der Waals surface area contributed by atoms with Crippen LogP contribution in [0.2, 0.25) is 0 Å². The molecule has 0 radical (unpaired) electrons. The molecular weight excluding hydrogens is 380 g/mol. The highest BCUT2D eigenvalue weighted by atomic mass is 16.5. The number of hydrogen-bond acceptors (Lipinski definition) is 4. The molecule has 7 heteroatoms. The van der Waals surface area contributed by atoms with E-state index in [-0.39, 0.29) is 5.91 Å². The fraction of sp³-hybridized carbons (Fsp3) is 0.652. The smallest absolute Gasteiger partial charge is 0.222 e. The Balaban J connectivity index is 1.59. The van der Waals surface area contributed by atoms with E-state index in [1.807, 2.05) is 11.0 Å². The maximum absolute atomic E-state index is 12.0. The third-order valence-electron chi connectivity index (χ3n) is 5.76. The number of aliphatic imine (C=N–C) groups is 1. The number of amides is 1. The van der Waals surface area contributed by atoms with Crippen LogP contribution in [0.4, 0.5) is 0 Å². The van der Waals surface area contributed by atoms with E-state index in [4.69, 9.17) is 14.5 Å². The molecule has 0 aliphatic carbocycles. The Kier molecular flexibility index (Phi) is 8.96. The SMILES string of the molecule is CCNC(=NCc1ccccc1CN1CCCC1=O)N1CCC(COCCOC)C1. The van der Waals surface area contributed by atoms with Crippen molar-refractivity contribution in [3.63, 3.8) is 0 Å². The lowest BCUT2D eigenvalue weighted by atomic mass is 10.1. The van der Waals surface area contributed by atoms with E-state index in [0.717, 1.165) is 51.6 Å². The molecule has 0 spiro atoms. The maximum atomic E-state index is 12.0. The largest absolute Gasteiger partial charge is 0.382 e. The molecule has 30 heavy (non-hydrogen) atoms. The second-order valence-electron chi connectivity index (χ2n) is 8.03. The zero-order valence-electron chi connectivity index (χ0n) is 18.4. The number of rotatable bonds is 10. The van der Waals surface area contributed by atoms with E-state index in [2.05, 4.69) is 35.3 Å². The van der Waals surface area contributed by atoms with Gasteiger partial charge in [-0.3, -0.25) is 4.79 Å². The number of ether oxygens (including phenoxy) is 2. The predicted octanol–water partition coefficient (Wildman–Crippen LogP) is 2.26. The first kappa shape index (κ1) is 22.6. The van der Waals surface area contributed by atoms with E-state index >= 15 is 0 Å². The van der Waals surface area contributed by atoms with Gasteiger partial charge in [0.1, 0.15) is 0 Å². The molecule has 2 aliphatic heterocycles. The number of nitrogens with one attached hydrogen (secondary N) is 1. The van der Waals surface area contributed by atoms with E-state index in [1.54, 1.807) is 7.11 Å². The van der Waals surface area contributed by atoms with Gasteiger partial charge in [0.05, 0.1) is 26.4 Å². The summed E-state index contributed by atoms with van der Waals surface area (Å²) >= 11 is 0. The summed E-state index contributed by atoms with van der Waals surface area (Å²) in [5, 5.41) is 3.44. The predicted molar refractivity (Wildman–Crippen MR) is 118 cm³/mol. The first-order valence-electron chi connectivity index (χ1n) is 11.2. The van der Waals surface area contributed by atoms with Crippen LogP contribution in [0.5, 0.6) is 0 Å². The first-order valence-corrected chi connectivity index (χ1v) is 11.2. The van der Waals surface area contributed by atoms with Crippen molar-refractivity contribution in [1.29, 1.82) is 0 Å². The Morgan fingerprint density at radius 1 is 1.23 bits per heavy atom. The first-order chi connectivity index (χ1) is 14.7. The average Bonchev–Trinajstić information content (AvgIpc) is 3.39. The highest BCUT2D eigenvalue weighted by Gasteiger charge is 2.25. The second-order valence-corrected chi connectivity index (χ2v) is 8.03. The minimum Gasteiger partial charge on any atom is -0.382 e. The van der Waals surface area contributed by atoms with E-state index in [1.165, 1.54) is 11.1 Å². The summed E-state index contributed by atoms with van der Waals surface area (Å²) in [5.41, 5.74) is 2.38. The van der Waals surface area contributed by atoms with Gasteiger partial charge < -0.3 is 24.6 Å². The summed E-state index contributed by atoms with van der Waals surface area (Å²) in [6.45, 7) is 9.12. The highest BCUT2D eigenvalue weighted by Crippen LogP contribution is 2.19. The van der Waals surface area contributed by atoms with Crippen LogP contribution in [0.15, 0.2) is 29.3 Å². The van der Waals surface area contributed by atoms with Crippen LogP contribution in [0.3, 0.4) is 0 Å². The second kappa shape index (κ2) is 11.9. The normalized spacial score (nSPS) is 19.7. The Hall–Kier alpha value is -2.12. The Bertz CT molecular complexity index is 709. The fourth-order valence-corrected chi connectivity index (χ4v) is 4.08. The lowest BCUT2D eigenvalue weighted by Gasteiger charge is -2.22. The van der Waals surface area contributed by atoms with E-state index in [9.17, 15) is 4.79 Å². The monoisotopic (exact) mass is 416 g/mol. The summed E-state index contributed by atoms with van der Waals surface area (Å²) in [6.07, 6.45) is 2.76. The maximum Gasteiger partial charge on any atom is 0.222 e. The molecule has 0 saturated carbocycles. The molecule has 1 unspecified atom stereocenters. The van der Waals surface area contributed by atoms with Crippen LogP contribution in [0.1, 0.15) is 37.3 Å². The topological polar surface area (TPSA) is 66.4 Å². The number of hydrogen-bond donors (Lipinski definition) is 1. The van der Waals surface area contributed by atoms with Crippen molar-refractivity contribution in [2.45, 2.75) is 39.3 Å². The molecule has 2 saturated heterocycles. The number of carbonyl (C=O) groups is 1. The number of benzene rings is 1. The zero-order chi connectivity index (χ0) is 21.2. The van der Waals surface area contributed by atoms with Crippen LogP contribution in [-0.2, 0) is 27.4 Å². The lowest BCUT2D eigenvalue weighted by Crippen LogP contribution is -2.40. The van der Waals surface area contributed by atoms with Gasteiger partial charge in [-0.15, -0.1) is 0 Å².